The van der Waals surface area contributed by atoms with E-state index >= 15 is 0 Å². The van der Waals surface area contributed by atoms with Gasteiger partial charge in [0.05, 0.1) is 11.6 Å². The molecule has 0 spiro atoms. The standard InChI is InChI=1S/C22H27F3N6O/c1-13(2)17-9-19(22(23,24)25)31-20(27-17)10-18(28-31)16-5-7-30(12-16)21(32)14(3)11-29-8-6-26-15(29)4/h6,8-10,13-14,16H,5,7,11-12H2,1-4H3/t14-,16-/m0/s1. The van der Waals surface area contributed by atoms with Gasteiger partial charge in [-0.25, -0.2) is 14.5 Å². The van der Waals surface area contributed by atoms with Gasteiger partial charge >= 0.3 is 6.18 Å². The Balaban J connectivity index is 1.54. The lowest BCUT2D eigenvalue weighted by atomic mass is 10.1. The van der Waals surface area contributed by atoms with Crippen molar-refractivity contribution in [3.8, 4) is 0 Å². The zero-order chi connectivity index (χ0) is 23.2. The fraction of sp³-hybridized carbons (Fsp3) is 0.545. The van der Waals surface area contributed by atoms with E-state index in [4.69, 9.17) is 0 Å². The maximum Gasteiger partial charge on any atom is 0.433 e. The van der Waals surface area contributed by atoms with E-state index in [1.54, 1.807) is 17.2 Å². The molecule has 7 nitrogen and oxygen atoms in total. The van der Waals surface area contributed by atoms with E-state index in [2.05, 4.69) is 15.1 Å². The van der Waals surface area contributed by atoms with E-state index in [-0.39, 0.29) is 29.3 Å². The number of imidazole rings is 1. The number of carbonyl (C=O) groups excluding carboxylic acids is 1. The van der Waals surface area contributed by atoms with E-state index in [1.165, 1.54) is 0 Å². The average Bonchev–Trinajstić information content (AvgIpc) is 3.45. The Morgan fingerprint density at radius 3 is 2.62 bits per heavy atom. The fourth-order valence-corrected chi connectivity index (χ4v) is 4.19. The summed E-state index contributed by atoms with van der Waals surface area (Å²) in [5, 5.41) is 4.26. The molecule has 0 unspecified atom stereocenters. The van der Waals surface area contributed by atoms with E-state index in [0.717, 1.165) is 16.4 Å². The molecule has 0 saturated carbocycles. The van der Waals surface area contributed by atoms with E-state index in [9.17, 15) is 18.0 Å². The van der Waals surface area contributed by atoms with Crippen LogP contribution >= 0.6 is 0 Å². The molecule has 2 atom stereocenters. The summed E-state index contributed by atoms with van der Waals surface area (Å²) >= 11 is 0. The Bertz CT molecular complexity index is 1130. The van der Waals surface area contributed by atoms with Crippen molar-refractivity contribution in [1.29, 1.82) is 0 Å². The number of hydrogen-bond acceptors (Lipinski definition) is 4. The number of aromatic nitrogens is 5. The molecule has 3 aromatic heterocycles. The maximum absolute atomic E-state index is 13.6. The second kappa shape index (κ2) is 8.22. The van der Waals surface area contributed by atoms with Crippen molar-refractivity contribution in [2.75, 3.05) is 13.1 Å². The molecule has 1 amide bonds. The van der Waals surface area contributed by atoms with Crippen LogP contribution in [0.15, 0.2) is 24.5 Å². The molecule has 3 aromatic rings. The van der Waals surface area contributed by atoms with Gasteiger partial charge in [-0.1, -0.05) is 20.8 Å². The second-order valence-corrected chi connectivity index (χ2v) is 8.86. The minimum Gasteiger partial charge on any atom is -0.342 e. The monoisotopic (exact) mass is 448 g/mol. The summed E-state index contributed by atoms with van der Waals surface area (Å²) in [6, 6.07) is 2.69. The molecule has 10 heteroatoms. The highest BCUT2D eigenvalue weighted by atomic mass is 19.4. The van der Waals surface area contributed by atoms with Crippen LogP contribution < -0.4 is 0 Å². The van der Waals surface area contributed by atoms with Crippen molar-refractivity contribution < 1.29 is 18.0 Å². The first-order valence-corrected chi connectivity index (χ1v) is 10.8. The quantitative estimate of drug-likeness (QED) is 0.591. The largest absolute Gasteiger partial charge is 0.433 e. The third-order valence-corrected chi connectivity index (χ3v) is 6.08. The van der Waals surface area contributed by atoms with Crippen LogP contribution in [0, 0.1) is 12.8 Å². The SMILES string of the molecule is Cc1nccn1C[C@H](C)C(=O)N1CC[C@H](c2cc3nc(C(C)C)cc(C(F)(F)F)n3n2)C1. The van der Waals surface area contributed by atoms with Crippen LogP contribution in [0.5, 0.6) is 0 Å². The summed E-state index contributed by atoms with van der Waals surface area (Å²) in [7, 11) is 0. The molecule has 172 valence electrons. The summed E-state index contributed by atoms with van der Waals surface area (Å²) in [6.45, 7) is 8.92. The molecule has 0 aliphatic carbocycles. The molecule has 0 aromatic carbocycles. The van der Waals surface area contributed by atoms with Gasteiger partial charge in [-0.3, -0.25) is 4.79 Å². The number of aryl methyl sites for hydroxylation is 1. The van der Waals surface area contributed by atoms with Gasteiger partial charge < -0.3 is 9.47 Å². The summed E-state index contributed by atoms with van der Waals surface area (Å²) in [4.78, 5) is 23.3. The molecule has 1 saturated heterocycles. The van der Waals surface area contributed by atoms with Gasteiger partial charge in [-0.05, 0) is 25.3 Å². The number of halogens is 3. The molecule has 32 heavy (non-hydrogen) atoms. The predicted octanol–water partition coefficient (Wildman–Crippen LogP) is 4.03. The minimum absolute atomic E-state index is 0.0283. The summed E-state index contributed by atoms with van der Waals surface area (Å²) in [5.74, 6) is 0.392. The van der Waals surface area contributed by atoms with Crippen LogP contribution in [0.2, 0.25) is 0 Å². The summed E-state index contributed by atoms with van der Waals surface area (Å²) < 4.78 is 43.7. The first-order valence-electron chi connectivity index (χ1n) is 10.8. The van der Waals surface area contributed by atoms with Crippen LogP contribution in [-0.2, 0) is 17.5 Å². The lowest BCUT2D eigenvalue weighted by Crippen LogP contribution is -2.35. The summed E-state index contributed by atoms with van der Waals surface area (Å²) in [6.07, 6.45) is -0.327. The number of nitrogens with zero attached hydrogens (tertiary/aromatic N) is 6. The van der Waals surface area contributed by atoms with Crippen LogP contribution in [-0.4, -0.2) is 48.0 Å². The lowest BCUT2D eigenvalue weighted by molar-refractivity contribution is -0.142. The Kier molecular flexibility index (Phi) is 5.72. The van der Waals surface area contributed by atoms with Gasteiger partial charge in [0, 0.05) is 49.7 Å². The number of rotatable bonds is 5. The van der Waals surface area contributed by atoms with E-state index in [1.807, 2.05) is 38.5 Å². The van der Waals surface area contributed by atoms with E-state index < -0.39 is 11.9 Å². The normalized spacial score (nSPS) is 18.1. The van der Waals surface area contributed by atoms with Crippen molar-refractivity contribution in [3.05, 3.63) is 47.4 Å². The molecule has 0 radical (unpaired) electrons. The van der Waals surface area contributed by atoms with Gasteiger partial charge in [0.15, 0.2) is 5.65 Å². The number of carbonyl (C=O) groups is 1. The lowest BCUT2D eigenvalue weighted by Gasteiger charge is -2.21. The number of amides is 1. The highest BCUT2D eigenvalue weighted by Crippen LogP contribution is 2.33. The molecule has 1 fully saturated rings. The van der Waals surface area contributed by atoms with E-state index in [0.29, 0.717) is 37.4 Å². The minimum atomic E-state index is -4.54. The maximum atomic E-state index is 13.6. The molecular weight excluding hydrogens is 421 g/mol. The third-order valence-electron chi connectivity index (χ3n) is 6.08. The second-order valence-electron chi connectivity index (χ2n) is 8.86. The van der Waals surface area contributed by atoms with Gasteiger partial charge in [0.25, 0.3) is 0 Å². The van der Waals surface area contributed by atoms with Crippen LogP contribution in [0.1, 0.15) is 61.9 Å². The molecule has 4 heterocycles. The molecule has 1 aliphatic heterocycles. The zero-order valence-electron chi connectivity index (χ0n) is 18.6. The molecule has 1 aliphatic rings. The van der Waals surface area contributed by atoms with Gasteiger partial charge in [-0.15, -0.1) is 0 Å². The van der Waals surface area contributed by atoms with Crippen molar-refractivity contribution in [2.24, 2.45) is 5.92 Å². The van der Waals surface area contributed by atoms with Gasteiger partial charge in [0.1, 0.15) is 11.5 Å². The number of hydrogen-bond donors (Lipinski definition) is 0. The highest BCUT2D eigenvalue weighted by Gasteiger charge is 2.37. The molecule has 0 bridgehead atoms. The predicted molar refractivity (Wildman–Crippen MR) is 112 cm³/mol. The smallest absolute Gasteiger partial charge is 0.342 e. The van der Waals surface area contributed by atoms with Crippen molar-refractivity contribution in [2.45, 2.75) is 58.7 Å². The van der Waals surface area contributed by atoms with Gasteiger partial charge in [0.2, 0.25) is 5.91 Å². The first-order chi connectivity index (χ1) is 15.0. The van der Waals surface area contributed by atoms with Crippen molar-refractivity contribution in [1.82, 2.24) is 29.0 Å². The van der Waals surface area contributed by atoms with Crippen LogP contribution in [0.25, 0.3) is 5.65 Å². The Hall–Kier alpha value is -2.91. The molecule has 0 N–H and O–H groups in total. The Morgan fingerprint density at radius 1 is 1.25 bits per heavy atom. The summed E-state index contributed by atoms with van der Waals surface area (Å²) in [5.41, 5.74) is 0.278. The molecular formula is C22H27F3N6O. The highest BCUT2D eigenvalue weighted by molar-refractivity contribution is 5.78. The fourth-order valence-electron chi connectivity index (χ4n) is 4.19. The zero-order valence-corrected chi connectivity index (χ0v) is 18.6. The molecule has 4 rings (SSSR count). The number of likely N-dealkylation sites (tertiary alicyclic amines) is 1. The average molecular weight is 448 g/mol. The van der Waals surface area contributed by atoms with Gasteiger partial charge in [-0.2, -0.15) is 18.3 Å². The van der Waals surface area contributed by atoms with Crippen molar-refractivity contribution in [3.63, 3.8) is 0 Å². The topological polar surface area (TPSA) is 68.3 Å². The van der Waals surface area contributed by atoms with Crippen molar-refractivity contribution >= 4 is 11.6 Å². The number of fused-ring (bicyclic) bond motifs is 1. The third kappa shape index (κ3) is 4.22. The first kappa shape index (κ1) is 22.3. The Morgan fingerprint density at radius 2 is 2.00 bits per heavy atom. The Labute approximate surface area is 184 Å². The van der Waals surface area contributed by atoms with Crippen LogP contribution in [0.3, 0.4) is 0 Å². The number of alkyl halides is 3. The van der Waals surface area contributed by atoms with Crippen LogP contribution in [0.4, 0.5) is 13.2 Å².